The highest BCUT2D eigenvalue weighted by Crippen LogP contribution is 2.44. The molecule has 0 aromatic heterocycles. The Balaban J connectivity index is 1.94. The maximum atomic E-state index is 12.2. The Hall–Kier alpha value is -1.04. The number of hydrogen-bond acceptors (Lipinski definition) is 2. The van der Waals surface area contributed by atoms with E-state index >= 15 is 0 Å². The highest BCUT2D eigenvalue weighted by Gasteiger charge is 2.39. The van der Waals surface area contributed by atoms with Gasteiger partial charge in [-0.05, 0) is 44.9 Å². The molecule has 100 valence electrons. The molecule has 2 aliphatic rings. The van der Waals surface area contributed by atoms with Crippen LogP contribution in [0.1, 0.15) is 58.8 Å². The van der Waals surface area contributed by atoms with Gasteiger partial charge < -0.3 is 4.90 Å². The van der Waals surface area contributed by atoms with Crippen molar-refractivity contribution in [2.24, 2.45) is 10.8 Å². The minimum absolute atomic E-state index is 0.00987. The zero-order valence-corrected chi connectivity index (χ0v) is 11.7. The van der Waals surface area contributed by atoms with E-state index in [1.165, 1.54) is 32.1 Å². The molecule has 1 amide bonds. The summed E-state index contributed by atoms with van der Waals surface area (Å²) in [5.41, 5.74) is -0.344. The molecule has 1 saturated carbocycles. The number of carbonyl (C=O) groups excluding carboxylic acids is 1. The number of rotatable bonds is 1. The Morgan fingerprint density at radius 3 is 2.17 bits per heavy atom. The van der Waals surface area contributed by atoms with Crippen LogP contribution >= 0.6 is 0 Å². The zero-order valence-electron chi connectivity index (χ0n) is 11.7. The van der Waals surface area contributed by atoms with Crippen LogP contribution in [0.15, 0.2) is 0 Å². The average molecular weight is 248 g/mol. The predicted octanol–water partition coefficient (Wildman–Crippen LogP) is 3.11. The lowest BCUT2D eigenvalue weighted by molar-refractivity contribution is -0.140. The number of likely N-dealkylation sites (tertiary alicyclic amines) is 1. The van der Waals surface area contributed by atoms with E-state index in [2.05, 4.69) is 6.07 Å². The number of hydrogen-bond donors (Lipinski definition) is 0. The Morgan fingerprint density at radius 1 is 1.11 bits per heavy atom. The normalized spacial score (nSPS) is 23.7. The van der Waals surface area contributed by atoms with E-state index < -0.39 is 5.41 Å². The van der Waals surface area contributed by atoms with Crippen LogP contribution in [0.25, 0.3) is 0 Å². The number of carbonyl (C=O) groups is 1. The molecule has 0 N–H and O–H groups in total. The molecule has 0 aromatic rings. The lowest BCUT2D eigenvalue weighted by Crippen LogP contribution is -2.48. The summed E-state index contributed by atoms with van der Waals surface area (Å²) in [4.78, 5) is 14.1. The Labute approximate surface area is 110 Å². The van der Waals surface area contributed by atoms with E-state index in [1.807, 2.05) is 4.90 Å². The van der Waals surface area contributed by atoms with Gasteiger partial charge in [0.25, 0.3) is 0 Å². The molecule has 0 aromatic carbocycles. The van der Waals surface area contributed by atoms with Crippen LogP contribution < -0.4 is 0 Å². The Morgan fingerprint density at radius 2 is 1.67 bits per heavy atom. The summed E-state index contributed by atoms with van der Waals surface area (Å²) in [6, 6.07) is 2.12. The van der Waals surface area contributed by atoms with Crippen molar-refractivity contribution in [1.82, 2.24) is 4.90 Å². The second-order valence-electron chi connectivity index (χ2n) is 6.59. The van der Waals surface area contributed by atoms with Gasteiger partial charge in [-0.15, -0.1) is 0 Å². The molecule has 18 heavy (non-hydrogen) atoms. The smallest absolute Gasteiger partial charge is 0.242 e. The summed E-state index contributed by atoms with van der Waals surface area (Å²) in [5, 5.41) is 9.04. The SMILES string of the molecule is CC(C)(C#N)C(=O)N1CCC2(CCCCC2)CC1. The molecule has 0 bridgehead atoms. The van der Waals surface area contributed by atoms with Crippen molar-refractivity contribution in [3.05, 3.63) is 0 Å². The van der Waals surface area contributed by atoms with Gasteiger partial charge in [-0.25, -0.2) is 0 Å². The molecular weight excluding hydrogens is 224 g/mol. The fraction of sp³-hybridized carbons (Fsp3) is 0.867. The quantitative estimate of drug-likeness (QED) is 0.715. The topological polar surface area (TPSA) is 44.1 Å². The summed E-state index contributed by atoms with van der Waals surface area (Å²) >= 11 is 0. The van der Waals surface area contributed by atoms with E-state index in [1.54, 1.807) is 13.8 Å². The monoisotopic (exact) mass is 248 g/mol. The third-order valence-corrected chi connectivity index (χ3v) is 4.84. The van der Waals surface area contributed by atoms with Crippen molar-refractivity contribution in [3.63, 3.8) is 0 Å². The third kappa shape index (κ3) is 2.53. The molecule has 1 aliphatic carbocycles. The maximum Gasteiger partial charge on any atom is 0.242 e. The lowest BCUT2D eigenvalue weighted by atomic mass is 9.68. The highest BCUT2D eigenvalue weighted by atomic mass is 16.2. The van der Waals surface area contributed by atoms with Gasteiger partial charge in [-0.1, -0.05) is 19.3 Å². The molecular formula is C15H24N2O. The van der Waals surface area contributed by atoms with Crippen LogP contribution in [-0.2, 0) is 4.79 Å². The van der Waals surface area contributed by atoms with E-state index in [-0.39, 0.29) is 5.91 Å². The van der Waals surface area contributed by atoms with E-state index in [4.69, 9.17) is 5.26 Å². The number of piperidine rings is 1. The largest absolute Gasteiger partial charge is 0.341 e. The average Bonchev–Trinajstić information content (AvgIpc) is 2.40. The van der Waals surface area contributed by atoms with Crippen molar-refractivity contribution < 1.29 is 4.79 Å². The predicted molar refractivity (Wildman–Crippen MR) is 70.7 cm³/mol. The van der Waals surface area contributed by atoms with Gasteiger partial charge in [0, 0.05) is 13.1 Å². The van der Waals surface area contributed by atoms with Crippen molar-refractivity contribution in [2.45, 2.75) is 58.8 Å². The molecule has 1 heterocycles. The standard InChI is InChI=1S/C15H24N2O/c1-14(2,12-16)13(18)17-10-8-15(9-11-17)6-4-3-5-7-15/h3-11H2,1-2H3. The molecule has 1 spiro atoms. The molecule has 0 atom stereocenters. The van der Waals surface area contributed by atoms with Crippen LogP contribution in [-0.4, -0.2) is 23.9 Å². The number of amides is 1. The summed E-state index contributed by atoms with van der Waals surface area (Å²) in [7, 11) is 0. The minimum Gasteiger partial charge on any atom is -0.341 e. The third-order valence-electron chi connectivity index (χ3n) is 4.84. The number of nitriles is 1. The first kappa shape index (κ1) is 13.4. The molecule has 0 radical (unpaired) electrons. The molecule has 1 saturated heterocycles. The second kappa shape index (κ2) is 4.91. The minimum atomic E-state index is -0.864. The fourth-order valence-electron chi connectivity index (χ4n) is 3.43. The first-order valence-electron chi connectivity index (χ1n) is 7.20. The van der Waals surface area contributed by atoms with Crippen LogP contribution in [0.5, 0.6) is 0 Å². The molecule has 2 fully saturated rings. The summed E-state index contributed by atoms with van der Waals surface area (Å²) < 4.78 is 0. The van der Waals surface area contributed by atoms with Gasteiger partial charge in [0.2, 0.25) is 5.91 Å². The van der Waals surface area contributed by atoms with E-state index in [9.17, 15) is 4.79 Å². The Kier molecular flexibility index (Phi) is 3.66. The first-order valence-corrected chi connectivity index (χ1v) is 7.20. The first-order chi connectivity index (χ1) is 8.49. The van der Waals surface area contributed by atoms with Crippen LogP contribution in [0, 0.1) is 22.2 Å². The lowest BCUT2D eigenvalue weighted by Gasteiger charge is -2.45. The second-order valence-corrected chi connectivity index (χ2v) is 6.59. The van der Waals surface area contributed by atoms with E-state index in [0.717, 1.165) is 25.9 Å². The van der Waals surface area contributed by atoms with Gasteiger partial charge >= 0.3 is 0 Å². The molecule has 0 unspecified atom stereocenters. The summed E-state index contributed by atoms with van der Waals surface area (Å²) in [6.07, 6.45) is 9.06. The molecule has 3 heteroatoms. The van der Waals surface area contributed by atoms with Gasteiger partial charge in [0.15, 0.2) is 0 Å². The van der Waals surface area contributed by atoms with Crippen molar-refractivity contribution in [2.75, 3.05) is 13.1 Å². The van der Waals surface area contributed by atoms with Crippen LogP contribution in [0.3, 0.4) is 0 Å². The maximum absolute atomic E-state index is 12.2. The fourth-order valence-corrected chi connectivity index (χ4v) is 3.43. The van der Waals surface area contributed by atoms with Gasteiger partial charge in [-0.2, -0.15) is 5.26 Å². The molecule has 1 aliphatic heterocycles. The van der Waals surface area contributed by atoms with Crippen molar-refractivity contribution >= 4 is 5.91 Å². The molecule has 3 nitrogen and oxygen atoms in total. The zero-order chi connectivity index (χ0) is 13.2. The van der Waals surface area contributed by atoms with Gasteiger partial charge in [0.05, 0.1) is 6.07 Å². The Bertz CT molecular complexity index is 351. The van der Waals surface area contributed by atoms with Crippen molar-refractivity contribution in [1.29, 1.82) is 5.26 Å². The summed E-state index contributed by atoms with van der Waals surface area (Å²) in [6.45, 7) is 5.15. The molecule has 2 rings (SSSR count). The summed E-state index contributed by atoms with van der Waals surface area (Å²) in [5.74, 6) is 0.00987. The van der Waals surface area contributed by atoms with Crippen LogP contribution in [0.4, 0.5) is 0 Å². The number of nitrogens with zero attached hydrogens (tertiary/aromatic N) is 2. The highest BCUT2D eigenvalue weighted by molar-refractivity contribution is 5.84. The van der Waals surface area contributed by atoms with Gasteiger partial charge in [-0.3, -0.25) is 4.79 Å². The van der Waals surface area contributed by atoms with Crippen LogP contribution in [0.2, 0.25) is 0 Å². The van der Waals surface area contributed by atoms with Crippen molar-refractivity contribution in [3.8, 4) is 6.07 Å². The van der Waals surface area contributed by atoms with Gasteiger partial charge in [0.1, 0.15) is 5.41 Å². The van der Waals surface area contributed by atoms with E-state index in [0.29, 0.717) is 5.41 Å².